The lowest BCUT2D eigenvalue weighted by molar-refractivity contribution is -0.153. The van der Waals surface area contributed by atoms with E-state index in [1.165, 1.54) is 12.1 Å². The molecule has 1 amide bonds. The number of alkyl halides is 3. The van der Waals surface area contributed by atoms with Crippen LogP contribution >= 0.6 is 0 Å². The Morgan fingerprint density at radius 1 is 1.29 bits per heavy atom. The SMILES string of the molecule is O=C(NC1CCCc2c(OCC(F)(F)F)cccc21)c1[nH]c(=O)[nH]c(=O)c1O. The molecule has 0 radical (unpaired) electrons. The Morgan fingerprint density at radius 3 is 2.75 bits per heavy atom. The number of nitrogens with one attached hydrogen (secondary N) is 3. The van der Waals surface area contributed by atoms with Crippen LogP contribution in [0, 0.1) is 0 Å². The summed E-state index contributed by atoms with van der Waals surface area (Å²) in [5, 5.41) is 12.3. The summed E-state index contributed by atoms with van der Waals surface area (Å²) in [4.78, 5) is 39.0. The van der Waals surface area contributed by atoms with Crippen LogP contribution in [0.4, 0.5) is 13.2 Å². The molecule has 8 nitrogen and oxygen atoms in total. The average Bonchev–Trinajstić information content (AvgIpc) is 2.62. The van der Waals surface area contributed by atoms with Gasteiger partial charge in [0.1, 0.15) is 5.75 Å². The van der Waals surface area contributed by atoms with Gasteiger partial charge >= 0.3 is 11.9 Å². The number of ether oxygens (including phenoxy) is 1. The first-order valence-corrected chi connectivity index (χ1v) is 8.33. The second-order valence-corrected chi connectivity index (χ2v) is 6.28. The highest BCUT2D eigenvalue weighted by Crippen LogP contribution is 2.36. The fourth-order valence-electron chi connectivity index (χ4n) is 3.13. The van der Waals surface area contributed by atoms with Gasteiger partial charge < -0.3 is 15.2 Å². The van der Waals surface area contributed by atoms with E-state index in [0.717, 1.165) is 0 Å². The molecule has 0 aliphatic heterocycles. The van der Waals surface area contributed by atoms with Gasteiger partial charge in [0.2, 0.25) is 5.75 Å². The van der Waals surface area contributed by atoms with Crippen molar-refractivity contribution in [3.63, 3.8) is 0 Å². The van der Waals surface area contributed by atoms with Crippen molar-refractivity contribution in [2.45, 2.75) is 31.5 Å². The average molecular weight is 399 g/mol. The van der Waals surface area contributed by atoms with Gasteiger partial charge in [-0.15, -0.1) is 0 Å². The van der Waals surface area contributed by atoms with Gasteiger partial charge in [-0.05, 0) is 36.5 Å². The number of carbonyl (C=O) groups is 1. The molecule has 11 heteroatoms. The van der Waals surface area contributed by atoms with Crippen molar-refractivity contribution in [3.05, 3.63) is 55.9 Å². The summed E-state index contributed by atoms with van der Waals surface area (Å²) < 4.78 is 42.2. The molecule has 1 unspecified atom stereocenters. The fourth-order valence-corrected chi connectivity index (χ4v) is 3.13. The second kappa shape index (κ2) is 7.41. The third-order valence-corrected chi connectivity index (χ3v) is 4.31. The molecular weight excluding hydrogens is 383 g/mol. The van der Waals surface area contributed by atoms with Crippen LogP contribution in [0.1, 0.15) is 40.5 Å². The van der Waals surface area contributed by atoms with E-state index in [1.54, 1.807) is 11.1 Å². The quantitative estimate of drug-likeness (QED) is 0.621. The highest BCUT2D eigenvalue weighted by atomic mass is 19.4. The number of aromatic amines is 2. The van der Waals surface area contributed by atoms with Crippen molar-refractivity contribution in [2.75, 3.05) is 6.61 Å². The third kappa shape index (κ3) is 4.18. The summed E-state index contributed by atoms with van der Waals surface area (Å²) in [6, 6.07) is 4.00. The Morgan fingerprint density at radius 2 is 2.04 bits per heavy atom. The van der Waals surface area contributed by atoms with E-state index in [1.807, 2.05) is 0 Å². The number of fused-ring (bicyclic) bond motifs is 1. The van der Waals surface area contributed by atoms with E-state index in [2.05, 4.69) is 10.3 Å². The Kier molecular flexibility index (Phi) is 5.16. The summed E-state index contributed by atoms with van der Waals surface area (Å²) in [6.07, 6.45) is -2.95. The van der Waals surface area contributed by atoms with Crippen molar-refractivity contribution in [1.82, 2.24) is 15.3 Å². The first-order valence-electron chi connectivity index (χ1n) is 8.33. The molecular formula is C17H16F3N3O5. The van der Waals surface area contributed by atoms with E-state index in [9.17, 15) is 32.7 Å². The minimum absolute atomic E-state index is 0.0844. The summed E-state index contributed by atoms with van der Waals surface area (Å²) in [7, 11) is 0. The van der Waals surface area contributed by atoms with Gasteiger partial charge in [0.05, 0.1) is 6.04 Å². The maximum Gasteiger partial charge on any atom is 0.422 e. The molecule has 2 aromatic rings. The summed E-state index contributed by atoms with van der Waals surface area (Å²) in [5.74, 6) is -1.74. The molecule has 1 heterocycles. The van der Waals surface area contributed by atoms with Crippen molar-refractivity contribution < 1.29 is 27.8 Å². The van der Waals surface area contributed by atoms with Crippen LogP contribution in [-0.4, -0.2) is 33.8 Å². The van der Waals surface area contributed by atoms with E-state index in [0.29, 0.717) is 30.4 Å². The van der Waals surface area contributed by atoms with Crippen LogP contribution in [-0.2, 0) is 6.42 Å². The largest absolute Gasteiger partial charge is 0.501 e. The molecule has 150 valence electrons. The number of benzene rings is 1. The number of halogens is 3. The molecule has 0 spiro atoms. The lowest BCUT2D eigenvalue weighted by atomic mass is 9.87. The highest BCUT2D eigenvalue weighted by Gasteiger charge is 2.30. The normalized spacial score (nSPS) is 16.3. The van der Waals surface area contributed by atoms with Gasteiger partial charge in [-0.2, -0.15) is 13.2 Å². The van der Waals surface area contributed by atoms with Crippen molar-refractivity contribution in [2.24, 2.45) is 0 Å². The van der Waals surface area contributed by atoms with Crippen LogP contribution in [0.3, 0.4) is 0 Å². The zero-order valence-electron chi connectivity index (χ0n) is 14.4. The monoisotopic (exact) mass is 399 g/mol. The van der Waals surface area contributed by atoms with E-state index >= 15 is 0 Å². The Labute approximate surface area is 155 Å². The van der Waals surface area contributed by atoms with E-state index < -0.39 is 47.4 Å². The second-order valence-electron chi connectivity index (χ2n) is 6.28. The number of rotatable bonds is 4. The molecule has 0 saturated carbocycles. The number of H-pyrrole nitrogens is 2. The summed E-state index contributed by atoms with van der Waals surface area (Å²) in [6.45, 7) is -1.43. The molecule has 4 N–H and O–H groups in total. The molecule has 1 aromatic carbocycles. The Bertz CT molecular complexity index is 1010. The first-order chi connectivity index (χ1) is 13.2. The number of aromatic hydroxyl groups is 1. The molecule has 1 aromatic heterocycles. The zero-order valence-corrected chi connectivity index (χ0v) is 14.4. The number of hydrogen-bond donors (Lipinski definition) is 4. The number of hydrogen-bond acceptors (Lipinski definition) is 5. The highest BCUT2D eigenvalue weighted by molar-refractivity contribution is 5.94. The van der Waals surface area contributed by atoms with Crippen molar-refractivity contribution in [1.29, 1.82) is 0 Å². The molecule has 1 aliphatic carbocycles. The molecule has 3 rings (SSSR count). The van der Waals surface area contributed by atoms with Crippen molar-refractivity contribution in [3.8, 4) is 11.5 Å². The van der Waals surface area contributed by atoms with Gasteiger partial charge in [0.25, 0.3) is 11.5 Å². The smallest absolute Gasteiger partial charge is 0.422 e. The number of amides is 1. The van der Waals surface area contributed by atoms with Gasteiger partial charge in [-0.25, -0.2) is 4.79 Å². The number of aromatic nitrogens is 2. The van der Waals surface area contributed by atoms with E-state index in [4.69, 9.17) is 4.74 Å². The molecule has 0 saturated heterocycles. The van der Waals surface area contributed by atoms with Gasteiger partial charge in [0.15, 0.2) is 12.3 Å². The summed E-state index contributed by atoms with van der Waals surface area (Å²) >= 11 is 0. The molecule has 0 bridgehead atoms. The summed E-state index contributed by atoms with van der Waals surface area (Å²) in [5.41, 5.74) is -1.54. The topological polar surface area (TPSA) is 124 Å². The molecule has 1 atom stereocenters. The Hall–Kier alpha value is -3.24. The van der Waals surface area contributed by atoms with Gasteiger partial charge in [-0.1, -0.05) is 12.1 Å². The lowest BCUT2D eigenvalue weighted by Crippen LogP contribution is -2.35. The predicted octanol–water partition coefficient (Wildman–Crippen LogP) is 1.52. The molecule has 28 heavy (non-hydrogen) atoms. The van der Waals surface area contributed by atoms with Crippen LogP contribution in [0.2, 0.25) is 0 Å². The maximum atomic E-state index is 12.5. The fraction of sp³-hybridized carbons (Fsp3) is 0.353. The van der Waals surface area contributed by atoms with Gasteiger partial charge in [0, 0.05) is 0 Å². The first kappa shape index (κ1) is 19.5. The van der Waals surface area contributed by atoms with Gasteiger partial charge in [-0.3, -0.25) is 19.6 Å². The predicted molar refractivity (Wildman–Crippen MR) is 90.5 cm³/mol. The van der Waals surface area contributed by atoms with Crippen LogP contribution in [0.15, 0.2) is 27.8 Å². The zero-order chi connectivity index (χ0) is 20.5. The number of carbonyl (C=O) groups excluding carboxylic acids is 1. The maximum absolute atomic E-state index is 12.5. The standard InChI is InChI=1S/C17H16F3N3O5/c18-17(19,20)7-28-11-6-2-3-8-9(11)4-1-5-10(8)21-14(25)12-13(24)15(26)23-16(27)22-12/h2-3,6,10,24H,1,4-5,7H2,(H,21,25)(H2,22,23,26,27). The van der Waals surface area contributed by atoms with Crippen LogP contribution in [0.5, 0.6) is 11.5 Å². The van der Waals surface area contributed by atoms with Crippen LogP contribution < -0.4 is 21.3 Å². The third-order valence-electron chi connectivity index (χ3n) is 4.31. The lowest BCUT2D eigenvalue weighted by Gasteiger charge is -2.28. The minimum Gasteiger partial charge on any atom is -0.501 e. The minimum atomic E-state index is -4.48. The van der Waals surface area contributed by atoms with Crippen LogP contribution in [0.25, 0.3) is 0 Å². The Balaban J connectivity index is 1.86. The molecule has 0 fully saturated rings. The van der Waals surface area contributed by atoms with E-state index in [-0.39, 0.29) is 5.75 Å². The molecule has 1 aliphatic rings. The van der Waals surface area contributed by atoms with Crippen molar-refractivity contribution >= 4 is 5.91 Å².